The van der Waals surface area contributed by atoms with Gasteiger partial charge in [0.2, 0.25) is 5.91 Å². The fraction of sp³-hybridized carbons (Fsp3) is 0.360. The molecule has 29 heavy (non-hydrogen) atoms. The highest BCUT2D eigenvalue weighted by Crippen LogP contribution is 2.31. The summed E-state index contributed by atoms with van der Waals surface area (Å²) in [5.74, 6) is 0.487. The molecular formula is C25H27N3O. The molecule has 0 N–H and O–H groups in total. The van der Waals surface area contributed by atoms with E-state index in [2.05, 4.69) is 70.2 Å². The number of carbonyl (C=O) groups is 1. The van der Waals surface area contributed by atoms with E-state index in [0.29, 0.717) is 5.91 Å². The van der Waals surface area contributed by atoms with Crippen LogP contribution in [-0.2, 0) is 17.8 Å². The summed E-state index contributed by atoms with van der Waals surface area (Å²) in [6.45, 7) is 5.59. The number of hydrogen-bond acceptors (Lipinski definition) is 3. The Morgan fingerprint density at radius 3 is 2.62 bits per heavy atom. The van der Waals surface area contributed by atoms with Crippen molar-refractivity contribution in [2.24, 2.45) is 5.92 Å². The van der Waals surface area contributed by atoms with Gasteiger partial charge in [0, 0.05) is 49.4 Å². The SMILES string of the molecule is Cc1ccc2nccc(N3CCC(C(=O)N4CCc5ccccc5C4)CC3)c2c1. The minimum absolute atomic E-state index is 0.145. The van der Waals surface area contributed by atoms with Gasteiger partial charge in [0.05, 0.1) is 5.52 Å². The van der Waals surface area contributed by atoms with Crippen molar-refractivity contribution in [3.63, 3.8) is 0 Å². The molecule has 148 valence electrons. The lowest BCUT2D eigenvalue weighted by molar-refractivity contribution is -0.137. The normalized spacial score (nSPS) is 17.4. The van der Waals surface area contributed by atoms with Crippen LogP contribution in [0.15, 0.2) is 54.7 Å². The fourth-order valence-corrected chi connectivity index (χ4v) is 4.83. The number of pyridine rings is 1. The Hall–Kier alpha value is -2.88. The molecule has 2 aliphatic rings. The van der Waals surface area contributed by atoms with E-state index in [-0.39, 0.29) is 5.92 Å². The third-order valence-corrected chi connectivity index (χ3v) is 6.50. The molecule has 1 aromatic heterocycles. The molecular weight excluding hydrogens is 358 g/mol. The van der Waals surface area contributed by atoms with Crippen molar-refractivity contribution in [2.75, 3.05) is 24.5 Å². The number of anilines is 1. The molecule has 0 bridgehead atoms. The molecule has 0 atom stereocenters. The second-order valence-electron chi connectivity index (χ2n) is 8.39. The van der Waals surface area contributed by atoms with Crippen LogP contribution in [0.3, 0.4) is 0 Å². The lowest BCUT2D eigenvalue weighted by atomic mass is 9.92. The van der Waals surface area contributed by atoms with Crippen molar-refractivity contribution in [1.82, 2.24) is 9.88 Å². The Balaban J connectivity index is 1.28. The number of fused-ring (bicyclic) bond motifs is 2. The van der Waals surface area contributed by atoms with Gasteiger partial charge in [0.25, 0.3) is 0 Å². The lowest BCUT2D eigenvalue weighted by Crippen LogP contribution is -2.44. The molecule has 3 aromatic rings. The van der Waals surface area contributed by atoms with Crippen LogP contribution in [0.1, 0.15) is 29.5 Å². The first-order valence-corrected chi connectivity index (χ1v) is 10.6. The first kappa shape index (κ1) is 18.2. The second kappa shape index (κ2) is 7.51. The fourth-order valence-electron chi connectivity index (χ4n) is 4.83. The van der Waals surface area contributed by atoms with Gasteiger partial charge >= 0.3 is 0 Å². The number of aromatic nitrogens is 1. The van der Waals surface area contributed by atoms with E-state index < -0.39 is 0 Å². The topological polar surface area (TPSA) is 36.4 Å². The molecule has 0 aliphatic carbocycles. The van der Waals surface area contributed by atoms with Crippen LogP contribution in [0.25, 0.3) is 10.9 Å². The summed E-state index contributed by atoms with van der Waals surface area (Å²) in [7, 11) is 0. The number of rotatable bonds is 2. The zero-order valence-corrected chi connectivity index (χ0v) is 17.0. The number of benzene rings is 2. The van der Waals surface area contributed by atoms with Crippen molar-refractivity contribution in [2.45, 2.75) is 32.7 Å². The Morgan fingerprint density at radius 1 is 1.00 bits per heavy atom. The van der Waals surface area contributed by atoms with Crippen molar-refractivity contribution in [1.29, 1.82) is 0 Å². The second-order valence-corrected chi connectivity index (χ2v) is 8.39. The van der Waals surface area contributed by atoms with Crippen molar-refractivity contribution in [3.8, 4) is 0 Å². The van der Waals surface area contributed by atoms with Crippen LogP contribution in [0.5, 0.6) is 0 Å². The molecule has 1 amide bonds. The number of nitrogens with zero attached hydrogens (tertiary/aromatic N) is 3. The third-order valence-electron chi connectivity index (χ3n) is 6.50. The van der Waals surface area contributed by atoms with Crippen LogP contribution in [0, 0.1) is 12.8 Å². The van der Waals surface area contributed by atoms with Gasteiger partial charge < -0.3 is 9.80 Å². The number of aryl methyl sites for hydroxylation is 1. The van der Waals surface area contributed by atoms with Crippen molar-refractivity contribution in [3.05, 3.63) is 71.4 Å². The van der Waals surface area contributed by atoms with E-state index in [4.69, 9.17) is 0 Å². The molecule has 0 unspecified atom stereocenters. The Kier molecular flexibility index (Phi) is 4.70. The molecule has 3 heterocycles. The average Bonchev–Trinajstić information content (AvgIpc) is 2.78. The molecule has 4 heteroatoms. The van der Waals surface area contributed by atoms with E-state index in [1.54, 1.807) is 0 Å². The van der Waals surface area contributed by atoms with Crippen LogP contribution < -0.4 is 4.90 Å². The van der Waals surface area contributed by atoms with E-state index >= 15 is 0 Å². The predicted molar refractivity (Wildman–Crippen MR) is 117 cm³/mol. The minimum atomic E-state index is 0.145. The minimum Gasteiger partial charge on any atom is -0.371 e. The van der Waals surface area contributed by atoms with Gasteiger partial charge in [-0.05, 0) is 55.5 Å². The third kappa shape index (κ3) is 3.48. The van der Waals surface area contributed by atoms with E-state index in [9.17, 15) is 4.79 Å². The Morgan fingerprint density at radius 2 is 1.79 bits per heavy atom. The Labute approximate surface area is 172 Å². The van der Waals surface area contributed by atoms with Crippen LogP contribution in [-0.4, -0.2) is 35.4 Å². The highest BCUT2D eigenvalue weighted by molar-refractivity contribution is 5.92. The standard InChI is InChI=1S/C25H27N3O/c1-18-6-7-23-22(16-18)24(8-12-26-23)27-13-10-20(11-14-27)25(29)28-15-9-19-4-2-3-5-21(19)17-28/h2-8,12,16,20H,9-11,13-15,17H2,1H3. The van der Waals surface area contributed by atoms with E-state index in [1.165, 1.54) is 27.8 Å². The van der Waals surface area contributed by atoms with E-state index in [0.717, 1.165) is 51.0 Å². The van der Waals surface area contributed by atoms with Crippen molar-refractivity contribution >= 4 is 22.5 Å². The monoisotopic (exact) mass is 385 g/mol. The molecule has 0 radical (unpaired) electrons. The van der Waals surface area contributed by atoms with Gasteiger partial charge in [-0.3, -0.25) is 9.78 Å². The van der Waals surface area contributed by atoms with Gasteiger partial charge in [0.1, 0.15) is 0 Å². The van der Waals surface area contributed by atoms with Gasteiger partial charge in [-0.15, -0.1) is 0 Å². The summed E-state index contributed by atoms with van der Waals surface area (Å²) in [4.78, 5) is 22.2. The average molecular weight is 386 g/mol. The molecule has 4 nitrogen and oxygen atoms in total. The zero-order valence-electron chi connectivity index (χ0n) is 17.0. The summed E-state index contributed by atoms with van der Waals surface area (Å²) in [5.41, 5.74) is 6.24. The molecule has 5 rings (SSSR count). The van der Waals surface area contributed by atoms with Gasteiger partial charge in [-0.1, -0.05) is 35.9 Å². The lowest BCUT2D eigenvalue weighted by Gasteiger charge is -2.37. The smallest absolute Gasteiger partial charge is 0.226 e. The molecule has 2 aliphatic heterocycles. The van der Waals surface area contributed by atoms with Gasteiger partial charge in [0.15, 0.2) is 0 Å². The number of amides is 1. The maximum atomic E-state index is 13.2. The highest BCUT2D eigenvalue weighted by atomic mass is 16.2. The summed E-state index contributed by atoms with van der Waals surface area (Å²) in [6.07, 6.45) is 4.72. The quantitative estimate of drug-likeness (QED) is 0.658. The summed E-state index contributed by atoms with van der Waals surface area (Å²) >= 11 is 0. The largest absolute Gasteiger partial charge is 0.371 e. The van der Waals surface area contributed by atoms with Crippen molar-refractivity contribution < 1.29 is 4.79 Å². The number of piperidine rings is 1. The van der Waals surface area contributed by atoms with Gasteiger partial charge in [-0.2, -0.15) is 0 Å². The van der Waals surface area contributed by atoms with E-state index in [1.807, 2.05) is 6.20 Å². The zero-order chi connectivity index (χ0) is 19.8. The number of hydrogen-bond donors (Lipinski definition) is 0. The number of carbonyl (C=O) groups excluding carboxylic acids is 1. The molecule has 1 saturated heterocycles. The molecule has 2 aromatic carbocycles. The van der Waals surface area contributed by atoms with Gasteiger partial charge in [-0.25, -0.2) is 0 Å². The summed E-state index contributed by atoms with van der Waals surface area (Å²) in [5, 5.41) is 1.21. The molecule has 0 saturated carbocycles. The predicted octanol–water partition coefficient (Wildman–Crippen LogP) is 4.34. The maximum Gasteiger partial charge on any atom is 0.226 e. The maximum absolute atomic E-state index is 13.2. The van der Waals surface area contributed by atoms with Crippen LogP contribution in [0.2, 0.25) is 0 Å². The summed E-state index contributed by atoms with van der Waals surface area (Å²) < 4.78 is 0. The first-order chi connectivity index (χ1) is 14.2. The van der Waals surface area contributed by atoms with Crippen LogP contribution in [0.4, 0.5) is 5.69 Å². The molecule has 1 fully saturated rings. The Bertz CT molecular complexity index is 1050. The summed E-state index contributed by atoms with van der Waals surface area (Å²) in [6, 6.07) is 17.1. The highest BCUT2D eigenvalue weighted by Gasteiger charge is 2.30. The van der Waals surface area contributed by atoms with Crippen LogP contribution >= 0.6 is 0 Å². The first-order valence-electron chi connectivity index (χ1n) is 10.6. The molecule has 0 spiro atoms.